The summed E-state index contributed by atoms with van der Waals surface area (Å²) in [4.78, 5) is 0. The standard InChI is InChI=1S/C11H25N/c1-5-8-10(9-6-2)11(7-3)12-4/h10-12H,5-9H2,1-4H3. The molecule has 0 aliphatic carbocycles. The fraction of sp³-hybridized carbons (Fsp3) is 1.00. The molecular formula is C11H25N. The van der Waals surface area contributed by atoms with Crippen LogP contribution in [0.1, 0.15) is 52.9 Å². The van der Waals surface area contributed by atoms with E-state index in [1.807, 2.05) is 0 Å². The van der Waals surface area contributed by atoms with Crippen molar-refractivity contribution in [3.63, 3.8) is 0 Å². The molecule has 0 aliphatic rings. The summed E-state index contributed by atoms with van der Waals surface area (Å²) in [5.41, 5.74) is 0. The SMILES string of the molecule is CCCC(CCC)C(CC)NC. The molecule has 0 aromatic rings. The summed E-state index contributed by atoms with van der Waals surface area (Å²) >= 11 is 0. The quantitative estimate of drug-likeness (QED) is 0.620. The summed E-state index contributed by atoms with van der Waals surface area (Å²) in [5, 5.41) is 3.42. The fourth-order valence-electron chi connectivity index (χ4n) is 2.06. The van der Waals surface area contributed by atoms with Gasteiger partial charge in [0, 0.05) is 6.04 Å². The van der Waals surface area contributed by atoms with Crippen molar-refractivity contribution in [3.05, 3.63) is 0 Å². The van der Waals surface area contributed by atoms with Gasteiger partial charge in [0.05, 0.1) is 0 Å². The first-order chi connectivity index (χ1) is 5.79. The fourth-order valence-corrected chi connectivity index (χ4v) is 2.06. The Balaban J connectivity index is 3.86. The van der Waals surface area contributed by atoms with E-state index >= 15 is 0 Å². The van der Waals surface area contributed by atoms with Crippen LogP contribution in [0.15, 0.2) is 0 Å². The molecule has 1 heteroatoms. The van der Waals surface area contributed by atoms with E-state index in [4.69, 9.17) is 0 Å². The Bertz CT molecular complexity index is 81.0. The van der Waals surface area contributed by atoms with Gasteiger partial charge in [-0.3, -0.25) is 0 Å². The maximum atomic E-state index is 3.42. The predicted molar refractivity (Wildman–Crippen MR) is 56.4 cm³/mol. The summed E-state index contributed by atoms with van der Waals surface area (Å²) < 4.78 is 0. The first-order valence-electron chi connectivity index (χ1n) is 5.47. The minimum Gasteiger partial charge on any atom is -0.317 e. The zero-order valence-electron chi connectivity index (χ0n) is 9.19. The minimum atomic E-state index is 0.741. The number of rotatable bonds is 7. The Morgan fingerprint density at radius 2 is 1.50 bits per heavy atom. The lowest BCUT2D eigenvalue weighted by atomic mass is 9.89. The molecule has 74 valence electrons. The second-order valence-electron chi connectivity index (χ2n) is 3.64. The van der Waals surface area contributed by atoms with Crippen molar-refractivity contribution in [2.24, 2.45) is 5.92 Å². The highest BCUT2D eigenvalue weighted by Gasteiger charge is 2.15. The molecule has 0 saturated carbocycles. The van der Waals surface area contributed by atoms with Crippen LogP contribution >= 0.6 is 0 Å². The lowest BCUT2D eigenvalue weighted by Gasteiger charge is -2.25. The van der Waals surface area contributed by atoms with Crippen LogP contribution in [0.4, 0.5) is 0 Å². The van der Waals surface area contributed by atoms with E-state index < -0.39 is 0 Å². The molecule has 0 aromatic heterocycles. The molecule has 0 saturated heterocycles. The lowest BCUT2D eigenvalue weighted by Crippen LogP contribution is -2.32. The summed E-state index contributed by atoms with van der Waals surface area (Å²) in [7, 11) is 2.09. The minimum absolute atomic E-state index is 0.741. The maximum absolute atomic E-state index is 3.42. The molecule has 1 atom stereocenters. The Morgan fingerprint density at radius 1 is 1.00 bits per heavy atom. The average Bonchev–Trinajstić information content (AvgIpc) is 2.07. The van der Waals surface area contributed by atoms with Crippen LogP contribution in [-0.4, -0.2) is 13.1 Å². The van der Waals surface area contributed by atoms with Crippen LogP contribution in [0.5, 0.6) is 0 Å². The molecule has 1 unspecified atom stereocenters. The highest BCUT2D eigenvalue weighted by molar-refractivity contribution is 4.73. The van der Waals surface area contributed by atoms with Crippen LogP contribution in [-0.2, 0) is 0 Å². The molecule has 1 N–H and O–H groups in total. The average molecular weight is 171 g/mol. The zero-order chi connectivity index (χ0) is 9.40. The molecule has 0 radical (unpaired) electrons. The van der Waals surface area contributed by atoms with Gasteiger partial charge in [0.15, 0.2) is 0 Å². The number of nitrogens with one attached hydrogen (secondary N) is 1. The van der Waals surface area contributed by atoms with Gasteiger partial charge < -0.3 is 5.32 Å². The largest absolute Gasteiger partial charge is 0.317 e. The van der Waals surface area contributed by atoms with E-state index in [2.05, 4.69) is 33.1 Å². The molecule has 0 bridgehead atoms. The Kier molecular flexibility index (Phi) is 7.58. The second kappa shape index (κ2) is 7.60. The second-order valence-corrected chi connectivity index (χ2v) is 3.64. The molecule has 0 aromatic carbocycles. The Morgan fingerprint density at radius 3 is 1.75 bits per heavy atom. The third kappa shape index (κ3) is 4.10. The number of hydrogen-bond donors (Lipinski definition) is 1. The van der Waals surface area contributed by atoms with Gasteiger partial charge in [-0.25, -0.2) is 0 Å². The molecule has 0 aliphatic heterocycles. The van der Waals surface area contributed by atoms with Gasteiger partial charge in [0.25, 0.3) is 0 Å². The first-order valence-corrected chi connectivity index (χ1v) is 5.47. The Labute approximate surface area is 77.9 Å². The van der Waals surface area contributed by atoms with Crippen molar-refractivity contribution < 1.29 is 0 Å². The van der Waals surface area contributed by atoms with Crippen molar-refractivity contribution in [3.8, 4) is 0 Å². The normalized spacial score (nSPS) is 13.8. The van der Waals surface area contributed by atoms with Gasteiger partial charge in [0.1, 0.15) is 0 Å². The van der Waals surface area contributed by atoms with Crippen molar-refractivity contribution in [1.82, 2.24) is 5.32 Å². The molecule has 0 fully saturated rings. The molecular weight excluding hydrogens is 146 g/mol. The highest BCUT2D eigenvalue weighted by Crippen LogP contribution is 2.19. The molecule has 0 spiro atoms. The van der Waals surface area contributed by atoms with Gasteiger partial charge in [-0.15, -0.1) is 0 Å². The third-order valence-electron chi connectivity index (χ3n) is 2.70. The van der Waals surface area contributed by atoms with E-state index in [1.54, 1.807) is 0 Å². The molecule has 12 heavy (non-hydrogen) atoms. The van der Waals surface area contributed by atoms with E-state index in [1.165, 1.54) is 32.1 Å². The first kappa shape index (κ1) is 12.0. The van der Waals surface area contributed by atoms with Gasteiger partial charge >= 0.3 is 0 Å². The summed E-state index contributed by atoms with van der Waals surface area (Å²) in [6.07, 6.45) is 6.67. The van der Waals surface area contributed by atoms with Gasteiger partial charge in [0.2, 0.25) is 0 Å². The van der Waals surface area contributed by atoms with Gasteiger partial charge in [-0.2, -0.15) is 0 Å². The van der Waals surface area contributed by atoms with E-state index in [9.17, 15) is 0 Å². The van der Waals surface area contributed by atoms with Crippen LogP contribution < -0.4 is 5.32 Å². The van der Waals surface area contributed by atoms with Gasteiger partial charge in [-0.1, -0.05) is 33.6 Å². The van der Waals surface area contributed by atoms with Crippen LogP contribution in [0.25, 0.3) is 0 Å². The van der Waals surface area contributed by atoms with E-state index in [-0.39, 0.29) is 0 Å². The Hall–Kier alpha value is -0.0400. The summed E-state index contributed by atoms with van der Waals surface area (Å²) in [6, 6.07) is 0.741. The summed E-state index contributed by atoms with van der Waals surface area (Å²) in [6.45, 7) is 6.84. The predicted octanol–water partition coefficient (Wildman–Crippen LogP) is 3.20. The van der Waals surface area contributed by atoms with Gasteiger partial charge in [-0.05, 0) is 32.2 Å². The molecule has 1 nitrogen and oxygen atoms in total. The molecule has 0 amide bonds. The maximum Gasteiger partial charge on any atom is 0.00896 e. The van der Waals surface area contributed by atoms with Crippen LogP contribution in [0, 0.1) is 5.92 Å². The van der Waals surface area contributed by atoms with Crippen molar-refractivity contribution in [1.29, 1.82) is 0 Å². The van der Waals surface area contributed by atoms with E-state index in [0.29, 0.717) is 0 Å². The van der Waals surface area contributed by atoms with Crippen molar-refractivity contribution in [2.45, 2.75) is 58.9 Å². The molecule has 0 rings (SSSR count). The topological polar surface area (TPSA) is 12.0 Å². The highest BCUT2D eigenvalue weighted by atomic mass is 14.9. The van der Waals surface area contributed by atoms with Crippen LogP contribution in [0.2, 0.25) is 0 Å². The van der Waals surface area contributed by atoms with Crippen molar-refractivity contribution in [2.75, 3.05) is 7.05 Å². The monoisotopic (exact) mass is 171 g/mol. The lowest BCUT2D eigenvalue weighted by molar-refractivity contribution is 0.317. The third-order valence-corrected chi connectivity index (χ3v) is 2.70. The zero-order valence-corrected chi connectivity index (χ0v) is 9.19. The molecule has 0 heterocycles. The number of hydrogen-bond acceptors (Lipinski definition) is 1. The van der Waals surface area contributed by atoms with E-state index in [0.717, 1.165) is 12.0 Å². The van der Waals surface area contributed by atoms with Crippen molar-refractivity contribution >= 4 is 0 Å². The van der Waals surface area contributed by atoms with Crippen LogP contribution in [0.3, 0.4) is 0 Å². The smallest absolute Gasteiger partial charge is 0.00896 e. The summed E-state index contributed by atoms with van der Waals surface area (Å²) in [5.74, 6) is 0.898.